The first-order valence-corrected chi connectivity index (χ1v) is 9.77. The van der Waals surface area contributed by atoms with Crippen LogP contribution in [0.2, 0.25) is 0 Å². The fourth-order valence-corrected chi connectivity index (χ4v) is 3.65. The zero-order chi connectivity index (χ0) is 21.0. The summed E-state index contributed by atoms with van der Waals surface area (Å²) < 4.78 is 35.8. The van der Waals surface area contributed by atoms with E-state index in [1.807, 2.05) is 32.0 Å². The molecule has 2 aromatic rings. The summed E-state index contributed by atoms with van der Waals surface area (Å²) in [7, 11) is 0. The van der Waals surface area contributed by atoms with E-state index in [1.54, 1.807) is 25.1 Å². The molecule has 0 unspecified atom stereocenters. The molecule has 1 fully saturated rings. The molecule has 0 radical (unpaired) electrons. The van der Waals surface area contributed by atoms with Gasteiger partial charge in [-0.2, -0.15) is 8.78 Å². The average molecular weight is 418 g/mol. The molecule has 29 heavy (non-hydrogen) atoms. The number of hydrogen-bond donors (Lipinski definition) is 1. The molecule has 152 valence electrons. The highest BCUT2D eigenvalue weighted by Crippen LogP contribution is 2.37. The van der Waals surface area contributed by atoms with Crippen molar-refractivity contribution in [3.05, 3.63) is 58.0 Å². The van der Waals surface area contributed by atoms with Crippen LogP contribution in [0, 0.1) is 13.8 Å². The fourth-order valence-electron chi connectivity index (χ4n) is 2.84. The molecule has 1 saturated heterocycles. The summed E-state index contributed by atoms with van der Waals surface area (Å²) in [6, 6.07) is 10.6. The van der Waals surface area contributed by atoms with Gasteiger partial charge in [0.1, 0.15) is 0 Å². The number of hydrogen-bond acceptors (Lipinski definition) is 5. The Hall–Kier alpha value is -2.87. The third kappa shape index (κ3) is 4.95. The summed E-state index contributed by atoms with van der Waals surface area (Å²) >= 11 is 1.14. The molecule has 1 aliphatic rings. The van der Waals surface area contributed by atoms with Gasteiger partial charge in [0, 0.05) is 5.56 Å². The highest BCUT2D eigenvalue weighted by atomic mass is 32.2. The molecule has 0 aromatic heterocycles. The number of ether oxygens (including phenoxy) is 2. The fraction of sp³-hybridized carbons (Fsp3) is 0.238. The summed E-state index contributed by atoms with van der Waals surface area (Å²) in [5, 5.41) is 3.14. The van der Waals surface area contributed by atoms with E-state index < -0.39 is 6.61 Å². The number of rotatable bonds is 6. The number of thioether (sulfide) groups is 1. The van der Waals surface area contributed by atoms with E-state index in [2.05, 4.69) is 15.0 Å². The second kappa shape index (κ2) is 9.09. The maximum atomic E-state index is 12.9. The maximum Gasteiger partial charge on any atom is 0.387 e. The Bertz CT molecular complexity index is 970. The van der Waals surface area contributed by atoms with Crippen molar-refractivity contribution in [1.29, 1.82) is 0 Å². The number of carbonyl (C=O) groups is 1. The molecule has 2 aromatic carbocycles. The number of amides is 1. The first-order valence-electron chi connectivity index (χ1n) is 8.95. The third-order valence-electron chi connectivity index (χ3n) is 4.11. The molecule has 0 saturated carbocycles. The van der Waals surface area contributed by atoms with Gasteiger partial charge >= 0.3 is 6.61 Å². The highest BCUT2D eigenvalue weighted by Gasteiger charge is 2.25. The monoisotopic (exact) mass is 418 g/mol. The van der Waals surface area contributed by atoms with Crippen LogP contribution in [0.4, 0.5) is 14.5 Å². The predicted octanol–water partition coefficient (Wildman–Crippen LogP) is 5.20. The normalized spacial score (nSPS) is 16.6. The van der Waals surface area contributed by atoms with Crippen molar-refractivity contribution in [1.82, 2.24) is 5.32 Å². The molecule has 0 atom stereocenters. The molecule has 3 rings (SSSR count). The number of para-hydroxylation sites is 2. The van der Waals surface area contributed by atoms with E-state index in [1.165, 1.54) is 6.08 Å². The van der Waals surface area contributed by atoms with Crippen molar-refractivity contribution < 1.29 is 23.0 Å². The number of benzene rings is 2. The van der Waals surface area contributed by atoms with Crippen molar-refractivity contribution in [3.63, 3.8) is 0 Å². The van der Waals surface area contributed by atoms with Crippen molar-refractivity contribution in [3.8, 4) is 11.5 Å². The van der Waals surface area contributed by atoms with Crippen LogP contribution in [0.3, 0.4) is 0 Å². The number of nitrogens with one attached hydrogen (secondary N) is 1. The Morgan fingerprint density at radius 1 is 1.17 bits per heavy atom. The van der Waals surface area contributed by atoms with Crippen LogP contribution in [0.25, 0.3) is 6.08 Å². The van der Waals surface area contributed by atoms with Gasteiger partial charge in [0.2, 0.25) is 0 Å². The number of alkyl halides is 2. The van der Waals surface area contributed by atoms with Crippen LogP contribution in [0.5, 0.6) is 11.5 Å². The van der Waals surface area contributed by atoms with Crippen molar-refractivity contribution in [2.45, 2.75) is 27.4 Å². The van der Waals surface area contributed by atoms with E-state index in [-0.39, 0.29) is 17.4 Å². The lowest BCUT2D eigenvalue weighted by Crippen LogP contribution is -2.19. The van der Waals surface area contributed by atoms with Gasteiger partial charge in [-0.1, -0.05) is 30.3 Å². The second-order valence-electron chi connectivity index (χ2n) is 6.21. The van der Waals surface area contributed by atoms with Crippen LogP contribution >= 0.6 is 11.8 Å². The third-order valence-corrected chi connectivity index (χ3v) is 5.02. The van der Waals surface area contributed by atoms with Crippen LogP contribution in [0.1, 0.15) is 23.6 Å². The largest absolute Gasteiger partial charge is 0.490 e. The van der Waals surface area contributed by atoms with Gasteiger partial charge in [0.05, 0.1) is 17.2 Å². The molecule has 1 N–H and O–H groups in total. The summed E-state index contributed by atoms with van der Waals surface area (Å²) in [6.45, 7) is 2.91. The molecule has 0 spiro atoms. The van der Waals surface area contributed by atoms with E-state index in [0.717, 1.165) is 28.6 Å². The molecule has 8 heteroatoms. The summed E-state index contributed by atoms with van der Waals surface area (Å²) in [5.74, 6) is -0.273. The Kier molecular flexibility index (Phi) is 6.53. The first-order chi connectivity index (χ1) is 13.9. The number of carbonyl (C=O) groups excluding carboxylic acids is 1. The Balaban J connectivity index is 1.95. The Morgan fingerprint density at radius 3 is 2.52 bits per heavy atom. The minimum atomic E-state index is -3.01. The van der Waals surface area contributed by atoms with Crippen molar-refractivity contribution >= 4 is 34.6 Å². The van der Waals surface area contributed by atoms with Crippen molar-refractivity contribution in [2.75, 3.05) is 6.61 Å². The molecular formula is C21H20F2N2O3S. The van der Waals surface area contributed by atoms with Gasteiger partial charge in [-0.15, -0.1) is 0 Å². The highest BCUT2D eigenvalue weighted by molar-refractivity contribution is 8.18. The molecule has 0 bridgehead atoms. The smallest absolute Gasteiger partial charge is 0.387 e. The zero-order valence-electron chi connectivity index (χ0n) is 16.2. The zero-order valence-corrected chi connectivity index (χ0v) is 17.0. The Labute approximate surface area is 171 Å². The standard InChI is InChI=1S/C21H20F2N2O3S/c1-4-27-15-10-6-9-14(18(15)28-20(22)23)11-16-19(26)25-21(29-16)24-17-12(2)7-5-8-13(17)3/h5-11,20H,4H2,1-3H3,(H,24,25,26)/b16-11-. The average Bonchev–Trinajstić information content (AvgIpc) is 3.00. The second-order valence-corrected chi connectivity index (χ2v) is 7.24. The number of amidine groups is 1. The predicted molar refractivity (Wildman–Crippen MR) is 111 cm³/mol. The van der Waals surface area contributed by atoms with E-state index in [0.29, 0.717) is 22.2 Å². The summed E-state index contributed by atoms with van der Waals surface area (Å²) in [4.78, 5) is 17.3. The lowest BCUT2D eigenvalue weighted by Gasteiger charge is -2.13. The first kappa shape index (κ1) is 20.9. The number of aliphatic imine (C=N–C) groups is 1. The van der Waals surface area contributed by atoms with E-state index >= 15 is 0 Å². The number of halogens is 2. The maximum absolute atomic E-state index is 12.9. The topological polar surface area (TPSA) is 59.9 Å². The van der Waals surface area contributed by atoms with Crippen LogP contribution in [0.15, 0.2) is 46.3 Å². The van der Waals surface area contributed by atoms with Gasteiger partial charge < -0.3 is 14.8 Å². The lowest BCUT2D eigenvalue weighted by molar-refractivity contribution is -0.115. The van der Waals surface area contributed by atoms with Gasteiger partial charge in [0.15, 0.2) is 16.7 Å². The Morgan fingerprint density at radius 2 is 1.86 bits per heavy atom. The van der Waals surface area contributed by atoms with Gasteiger partial charge in [0.25, 0.3) is 5.91 Å². The molecule has 0 aliphatic carbocycles. The minimum Gasteiger partial charge on any atom is -0.490 e. The van der Waals surface area contributed by atoms with E-state index in [4.69, 9.17) is 4.74 Å². The SMILES string of the molecule is CCOc1cccc(/C=C2\SC(=Nc3c(C)cccc3C)NC2=O)c1OC(F)F. The number of aryl methyl sites for hydroxylation is 2. The van der Waals surface area contributed by atoms with Crippen LogP contribution in [-0.4, -0.2) is 24.3 Å². The summed E-state index contributed by atoms with van der Waals surface area (Å²) in [5.41, 5.74) is 3.09. The van der Waals surface area contributed by atoms with Gasteiger partial charge in [-0.25, -0.2) is 4.99 Å². The van der Waals surface area contributed by atoms with E-state index in [9.17, 15) is 13.6 Å². The quantitative estimate of drug-likeness (QED) is 0.656. The van der Waals surface area contributed by atoms with Crippen LogP contribution in [-0.2, 0) is 4.79 Å². The molecule has 5 nitrogen and oxygen atoms in total. The van der Waals surface area contributed by atoms with Gasteiger partial charge in [-0.3, -0.25) is 4.79 Å². The molecule has 1 amide bonds. The van der Waals surface area contributed by atoms with Gasteiger partial charge in [-0.05, 0) is 55.8 Å². The van der Waals surface area contributed by atoms with Crippen molar-refractivity contribution in [2.24, 2.45) is 4.99 Å². The lowest BCUT2D eigenvalue weighted by atomic mass is 10.1. The molecular weight excluding hydrogens is 398 g/mol. The molecule has 1 heterocycles. The molecule has 1 aliphatic heterocycles. The number of nitrogens with zero attached hydrogens (tertiary/aromatic N) is 1. The van der Waals surface area contributed by atoms with Crippen LogP contribution < -0.4 is 14.8 Å². The summed E-state index contributed by atoms with van der Waals surface area (Å²) in [6.07, 6.45) is 1.49. The minimum absolute atomic E-state index is 0.106.